The van der Waals surface area contributed by atoms with E-state index in [4.69, 9.17) is 0 Å². The first-order valence-corrected chi connectivity index (χ1v) is 6.02. The first-order valence-electron chi connectivity index (χ1n) is 6.02. The SMILES string of the molecule is C=CCNC(=O)CN(C)CC1CCCCN1. The molecule has 0 spiro atoms. The number of hydrogen-bond acceptors (Lipinski definition) is 3. The van der Waals surface area contributed by atoms with Gasteiger partial charge in [0.25, 0.3) is 0 Å². The van der Waals surface area contributed by atoms with E-state index in [0.29, 0.717) is 19.1 Å². The normalized spacial score (nSPS) is 20.8. The van der Waals surface area contributed by atoms with Gasteiger partial charge in [-0.1, -0.05) is 12.5 Å². The molecule has 0 radical (unpaired) electrons. The lowest BCUT2D eigenvalue weighted by molar-refractivity contribution is -0.121. The molecule has 16 heavy (non-hydrogen) atoms. The number of hydrogen-bond donors (Lipinski definition) is 2. The highest BCUT2D eigenvalue weighted by molar-refractivity contribution is 5.78. The predicted molar refractivity (Wildman–Crippen MR) is 66.3 cm³/mol. The summed E-state index contributed by atoms with van der Waals surface area (Å²) in [6.45, 7) is 6.64. The molecule has 0 aliphatic carbocycles. The Balaban J connectivity index is 2.15. The molecule has 1 atom stereocenters. The van der Waals surface area contributed by atoms with Crippen LogP contribution in [-0.2, 0) is 4.79 Å². The number of piperidine rings is 1. The van der Waals surface area contributed by atoms with Crippen LogP contribution in [0.1, 0.15) is 19.3 Å². The molecular weight excluding hydrogens is 202 g/mol. The lowest BCUT2D eigenvalue weighted by Crippen LogP contribution is -2.45. The van der Waals surface area contributed by atoms with Crippen LogP contribution < -0.4 is 10.6 Å². The summed E-state index contributed by atoms with van der Waals surface area (Å²) in [5.41, 5.74) is 0. The quantitative estimate of drug-likeness (QED) is 0.642. The molecule has 1 amide bonds. The van der Waals surface area contributed by atoms with Gasteiger partial charge in [0.15, 0.2) is 0 Å². The minimum absolute atomic E-state index is 0.0678. The fourth-order valence-electron chi connectivity index (χ4n) is 2.01. The molecule has 4 nitrogen and oxygen atoms in total. The Labute approximate surface area is 98.1 Å². The van der Waals surface area contributed by atoms with Crippen LogP contribution in [0.3, 0.4) is 0 Å². The van der Waals surface area contributed by atoms with Crippen molar-refractivity contribution in [1.29, 1.82) is 0 Å². The Bertz CT molecular complexity index is 224. The van der Waals surface area contributed by atoms with Gasteiger partial charge in [-0.05, 0) is 26.4 Å². The molecule has 92 valence electrons. The van der Waals surface area contributed by atoms with Crippen molar-refractivity contribution >= 4 is 5.91 Å². The van der Waals surface area contributed by atoms with E-state index in [1.54, 1.807) is 6.08 Å². The Kier molecular flexibility index (Phi) is 6.11. The van der Waals surface area contributed by atoms with Crippen LogP contribution >= 0.6 is 0 Å². The largest absolute Gasteiger partial charge is 0.352 e. The van der Waals surface area contributed by atoms with Crippen LogP contribution in [0, 0.1) is 0 Å². The molecule has 4 heteroatoms. The number of amides is 1. The topological polar surface area (TPSA) is 44.4 Å². The number of nitrogens with one attached hydrogen (secondary N) is 2. The second-order valence-corrected chi connectivity index (χ2v) is 4.44. The standard InChI is InChI=1S/C12H23N3O/c1-3-7-14-12(16)10-15(2)9-11-6-4-5-8-13-11/h3,11,13H,1,4-10H2,2H3,(H,14,16). The minimum atomic E-state index is 0.0678. The predicted octanol–water partition coefficient (Wildman–Crippen LogP) is 0.363. The summed E-state index contributed by atoms with van der Waals surface area (Å²) in [6, 6.07) is 0.547. The fourth-order valence-corrected chi connectivity index (χ4v) is 2.01. The van der Waals surface area contributed by atoms with Gasteiger partial charge in [-0.2, -0.15) is 0 Å². The maximum atomic E-state index is 11.4. The maximum absolute atomic E-state index is 11.4. The molecule has 0 aromatic heterocycles. The highest BCUT2D eigenvalue weighted by Crippen LogP contribution is 2.07. The summed E-state index contributed by atoms with van der Waals surface area (Å²) in [5, 5.41) is 6.26. The second kappa shape index (κ2) is 7.41. The molecule has 1 rings (SSSR count). The van der Waals surface area contributed by atoms with E-state index < -0.39 is 0 Å². The van der Waals surface area contributed by atoms with Crippen LogP contribution in [0.2, 0.25) is 0 Å². The first-order chi connectivity index (χ1) is 7.72. The van der Waals surface area contributed by atoms with Crippen molar-refractivity contribution in [1.82, 2.24) is 15.5 Å². The number of nitrogens with zero attached hydrogens (tertiary/aromatic N) is 1. The molecule has 1 fully saturated rings. The van der Waals surface area contributed by atoms with Gasteiger partial charge in [-0.25, -0.2) is 0 Å². The van der Waals surface area contributed by atoms with E-state index in [2.05, 4.69) is 22.1 Å². The third-order valence-corrected chi connectivity index (χ3v) is 2.80. The van der Waals surface area contributed by atoms with E-state index in [1.807, 2.05) is 7.05 Å². The minimum Gasteiger partial charge on any atom is -0.352 e. The van der Waals surface area contributed by atoms with Crippen LogP contribution in [0.25, 0.3) is 0 Å². The van der Waals surface area contributed by atoms with Crippen LogP contribution in [0.15, 0.2) is 12.7 Å². The first kappa shape index (κ1) is 13.2. The van der Waals surface area contributed by atoms with Crippen molar-refractivity contribution in [3.8, 4) is 0 Å². The van der Waals surface area contributed by atoms with Gasteiger partial charge >= 0.3 is 0 Å². The zero-order valence-corrected chi connectivity index (χ0v) is 10.2. The van der Waals surface area contributed by atoms with E-state index >= 15 is 0 Å². The van der Waals surface area contributed by atoms with Crippen molar-refractivity contribution in [3.05, 3.63) is 12.7 Å². The number of carbonyl (C=O) groups excluding carboxylic acids is 1. The molecule has 1 saturated heterocycles. The lowest BCUT2D eigenvalue weighted by Gasteiger charge is -2.27. The summed E-state index contributed by atoms with van der Waals surface area (Å²) in [5.74, 6) is 0.0678. The summed E-state index contributed by atoms with van der Waals surface area (Å²) >= 11 is 0. The highest BCUT2D eigenvalue weighted by atomic mass is 16.2. The third-order valence-electron chi connectivity index (χ3n) is 2.80. The molecule has 1 heterocycles. The van der Waals surface area contributed by atoms with Crippen molar-refractivity contribution in [2.45, 2.75) is 25.3 Å². The van der Waals surface area contributed by atoms with Crippen molar-refractivity contribution < 1.29 is 4.79 Å². The van der Waals surface area contributed by atoms with Crippen LogP contribution in [0.4, 0.5) is 0 Å². The van der Waals surface area contributed by atoms with E-state index in [-0.39, 0.29) is 5.91 Å². The molecule has 0 bridgehead atoms. The van der Waals surface area contributed by atoms with Gasteiger partial charge in [-0.3, -0.25) is 9.69 Å². The Morgan fingerprint density at radius 1 is 1.62 bits per heavy atom. The summed E-state index contributed by atoms with van der Waals surface area (Å²) in [4.78, 5) is 13.5. The average Bonchev–Trinajstić information content (AvgIpc) is 2.27. The molecule has 1 aliphatic heterocycles. The van der Waals surface area contributed by atoms with Crippen molar-refractivity contribution in [2.75, 3.05) is 33.2 Å². The smallest absolute Gasteiger partial charge is 0.234 e. The van der Waals surface area contributed by atoms with E-state index in [9.17, 15) is 4.79 Å². The number of likely N-dealkylation sites (N-methyl/N-ethyl adjacent to an activating group) is 1. The van der Waals surface area contributed by atoms with Gasteiger partial charge in [0.05, 0.1) is 6.54 Å². The molecule has 1 unspecified atom stereocenters. The summed E-state index contributed by atoms with van der Waals surface area (Å²) < 4.78 is 0. The monoisotopic (exact) mass is 225 g/mol. The average molecular weight is 225 g/mol. The van der Waals surface area contributed by atoms with Gasteiger partial charge in [0, 0.05) is 19.1 Å². The van der Waals surface area contributed by atoms with Crippen LogP contribution in [0.5, 0.6) is 0 Å². The molecular formula is C12H23N3O. The third kappa shape index (κ3) is 5.28. The molecule has 1 aliphatic rings. The van der Waals surface area contributed by atoms with Gasteiger partial charge in [-0.15, -0.1) is 6.58 Å². The van der Waals surface area contributed by atoms with Gasteiger partial charge < -0.3 is 10.6 Å². The van der Waals surface area contributed by atoms with Gasteiger partial charge in [0.2, 0.25) is 5.91 Å². The maximum Gasteiger partial charge on any atom is 0.234 e. The number of carbonyl (C=O) groups is 1. The molecule has 0 aromatic rings. The Morgan fingerprint density at radius 3 is 3.06 bits per heavy atom. The summed E-state index contributed by atoms with van der Waals surface area (Å²) in [6.07, 6.45) is 5.49. The fraction of sp³-hybridized carbons (Fsp3) is 0.750. The van der Waals surface area contributed by atoms with Crippen molar-refractivity contribution in [3.63, 3.8) is 0 Å². The van der Waals surface area contributed by atoms with E-state index in [1.165, 1.54) is 19.3 Å². The van der Waals surface area contributed by atoms with Crippen molar-refractivity contribution in [2.24, 2.45) is 0 Å². The molecule has 0 saturated carbocycles. The Morgan fingerprint density at radius 2 is 2.44 bits per heavy atom. The molecule has 2 N–H and O–H groups in total. The summed E-state index contributed by atoms with van der Waals surface area (Å²) in [7, 11) is 1.99. The Hall–Kier alpha value is -0.870. The van der Waals surface area contributed by atoms with Crippen LogP contribution in [-0.4, -0.2) is 50.1 Å². The number of rotatable bonds is 6. The highest BCUT2D eigenvalue weighted by Gasteiger charge is 2.15. The molecule has 0 aromatic carbocycles. The zero-order valence-electron chi connectivity index (χ0n) is 10.2. The zero-order chi connectivity index (χ0) is 11.8. The van der Waals surface area contributed by atoms with Gasteiger partial charge in [0.1, 0.15) is 0 Å². The lowest BCUT2D eigenvalue weighted by atomic mass is 10.0. The van der Waals surface area contributed by atoms with E-state index in [0.717, 1.165) is 13.1 Å². The second-order valence-electron chi connectivity index (χ2n) is 4.44.